The minimum Gasteiger partial charge on any atom is -0.465 e. The highest BCUT2D eigenvalue weighted by Crippen LogP contribution is 2.32. The molecule has 0 aliphatic heterocycles. The van der Waals surface area contributed by atoms with Crippen LogP contribution in [0.25, 0.3) is 10.6 Å². The number of aryl methyl sites for hydroxylation is 1. The van der Waals surface area contributed by atoms with Crippen molar-refractivity contribution >= 4 is 17.3 Å². The van der Waals surface area contributed by atoms with Gasteiger partial charge in [0, 0.05) is 5.56 Å². The van der Waals surface area contributed by atoms with Crippen molar-refractivity contribution in [2.75, 3.05) is 7.11 Å². The Labute approximate surface area is 122 Å². The summed E-state index contributed by atoms with van der Waals surface area (Å²) >= 11 is 1.05. The molecule has 1 aromatic heterocycles. The molecule has 2 aromatic rings. The van der Waals surface area contributed by atoms with E-state index in [0.717, 1.165) is 11.3 Å². The second-order valence-corrected chi connectivity index (χ2v) is 5.00. The molecule has 0 saturated heterocycles. The Morgan fingerprint density at radius 3 is 2.67 bits per heavy atom. The molecule has 1 heterocycles. The molecular formula is C13H10F3NO3S. The van der Waals surface area contributed by atoms with Gasteiger partial charge in [-0.2, -0.15) is 0 Å². The number of esters is 1. The van der Waals surface area contributed by atoms with Crippen molar-refractivity contribution in [1.29, 1.82) is 0 Å². The van der Waals surface area contributed by atoms with Crippen molar-refractivity contribution in [1.82, 2.24) is 4.98 Å². The molecule has 0 N–H and O–H groups in total. The third-order valence-electron chi connectivity index (χ3n) is 2.48. The van der Waals surface area contributed by atoms with Crippen LogP contribution >= 0.6 is 11.3 Å². The summed E-state index contributed by atoms with van der Waals surface area (Å²) < 4.78 is 45.1. The first-order chi connectivity index (χ1) is 9.80. The minimum atomic E-state index is -4.76. The summed E-state index contributed by atoms with van der Waals surface area (Å²) in [5, 5.41) is 0.417. The van der Waals surface area contributed by atoms with E-state index in [1.807, 2.05) is 0 Å². The van der Waals surface area contributed by atoms with Gasteiger partial charge in [-0.05, 0) is 19.1 Å². The smallest absolute Gasteiger partial charge is 0.465 e. The number of methoxy groups -OCH3 is 1. The predicted octanol–water partition coefficient (Wildman–Crippen LogP) is 3.80. The van der Waals surface area contributed by atoms with Crippen LogP contribution in [0, 0.1) is 6.92 Å². The number of halogens is 3. The lowest BCUT2D eigenvalue weighted by Gasteiger charge is -2.09. The molecular weight excluding hydrogens is 307 g/mol. The molecule has 0 aliphatic carbocycles. The van der Waals surface area contributed by atoms with Gasteiger partial charge in [-0.1, -0.05) is 12.1 Å². The molecule has 0 bridgehead atoms. The largest absolute Gasteiger partial charge is 0.573 e. The molecule has 1 aromatic carbocycles. The molecule has 0 amide bonds. The Hall–Kier alpha value is -2.09. The lowest BCUT2D eigenvalue weighted by molar-refractivity contribution is -0.274. The topological polar surface area (TPSA) is 48.4 Å². The summed E-state index contributed by atoms with van der Waals surface area (Å²) in [5.41, 5.74) is 0.893. The van der Waals surface area contributed by atoms with Crippen molar-refractivity contribution < 1.29 is 27.4 Å². The fourth-order valence-electron chi connectivity index (χ4n) is 1.63. The highest BCUT2D eigenvalue weighted by atomic mass is 32.1. The molecule has 0 aliphatic rings. The Balaban J connectivity index is 2.34. The van der Waals surface area contributed by atoms with E-state index in [9.17, 15) is 18.0 Å². The molecule has 0 spiro atoms. The summed E-state index contributed by atoms with van der Waals surface area (Å²) in [5.74, 6) is -0.869. The predicted molar refractivity (Wildman–Crippen MR) is 70.3 cm³/mol. The molecule has 0 saturated carbocycles. The Bertz CT molecular complexity index is 667. The van der Waals surface area contributed by atoms with Crippen molar-refractivity contribution in [3.05, 3.63) is 34.8 Å². The average molecular weight is 317 g/mol. The zero-order valence-corrected chi connectivity index (χ0v) is 11.8. The summed E-state index contributed by atoms with van der Waals surface area (Å²) in [6.07, 6.45) is -4.76. The van der Waals surface area contributed by atoms with Crippen LogP contribution < -0.4 is 4.74 Å². The van der Waals surface area contributed by atoms with Gasteiger partial charge in [-0.25, -0.2) is 9.78 Å². The standard InChI is InChI=1S/C13H10F3NO3S/c1-7-10(12(18)19-2)21-11(17-7)8-4-3-5-9(6-8)20-13(14,15)16/h3-6H,1-2H3. The first kappa shape index (κ1) is 15.3. The number of carbonyl (C=O) groups is 1. The van der Waals surface area contributed by atoms with E-state index < -0.39 is 12.3 Å². The second-order valence-electron chi connectivity index (χ2n) is 4.00. The summed E-state index contributed by atoms with van der Waals surface area (Å²) in [4.78, 5) is 16.0. The van der Waals surface area contributed by atoms with Crippen LogP contribution in [0.2, 0.25) is 0 Å². The first-order valence-electron chi connectivity index (χ1n) is 5.72. The molecule has 2 rings (SSSR count). The lowest BCUT2D eigenvalue weighted by atomic mass is 10.2. The number of nitrogens with zero attached hydrogens (tertiary/aromatic N) is 1. The van der Waals surface area contributed by atoms with Crippen molar-refractivity contribution in [3.8, 4) is 16.3 Å². The van der Waals surface area contributed by atoms with Crippen LogP contribution in [0.5, 0.6) is 5.75 Å². The summed E-state index contributed by atoms with van der Waals surface area (Å²) in [6, 6.07) is 5.42. The van der Waals surface area contributed by atoms with Gasteiger partial charge in [0.05, 0.1) is 12.8 Å². The molecule has 0 unspecified atom stereocenters. The number of alkyl halides is 3. The fourth-order valence-corrected chi connectivity index (χ4v) is 2.61. The summed E-state index contributed by atoms with van der Waals surface area (Å²) in [6.45, 7) is 1.63. The quantitative estimate of drug-likeness (QED) is 0.808. The number of hydrogen-bond acceptors (Lipinski definition) is 5. The van der Waals surface area contributed by atoms with Crippen LogP contribution in [0.3, 0.4) is 0 Å². The van der Waals surface area contributed by atoms with Gasteiger partial charge in [0.2, 0.25) is 0 Å². The molecule has 8 heteroatoms. The SMILES string of the molecule is COC(=O)c1sc(-c2cccc(OC(F)(F)F)c2)nc1C. The first-order valence-corrected chi connectivity index (χ1v) is 6.54. The normalized spacial score (nSPS) is 11.3. The Kier molecular flexibility index (Phi) is 4.17. The van der Waals surface area contributed by atoms with Crippen LogP contribution in [0.4, 0.5) is 13.2 Å². The van der Waals surface area contributed by atoms with Gasteiger partial charge in [0.25, 0.3) is 0 Å². The van der Waals surface area contributed by atoms with Gasteiger partial charge in [0.15, 0.2) is 0 Å². The monoisotopic (exact) mass is 317 g/mol. The van der Waals surface area contributed by atoms with E-state index in [-0.39, 0.29) is 5.75 Å². The number of hydrogen-bond donors (Lipinski definition) is 0. The van der Waals surface area contributed by atoms with E-state index in [4.69, 9.17) is 0 Å². The van der Waals surface area contributed by atoms with Crippen molar-refractivity contribution in [3.63, 3.8) is 0 Å². The minimum absolute atomic E-state index is 0.314. The van der Waals surface area contributed by atoms with E-state index in [0.29, 0.717) is 21.1 Å². The lowest BCUT2D eigenvalue weighted by Crippen LogP contribution is -2.17. The Morgan fingerprint density at radius 2 is 2.05 bits per heavy atom. The zero-order chi connectivity index (χ0) is 15.6. The number of carbonyl (C=O) groups excluding carboxylic acids is 1. The maximum atomic E-state index is 12.2. The maximum absolute atomic E-state index is 12.2. The number of thiazole rings is 1. The molecule has 0 fully saturated rings. The fraction of sp³-hybridized carbons (Fsp3) is 0.231. The van der Waals surface area contributed by atoms with Crippen LogP contribution in [0.15, 0.2) is 24.3 Å². The zero-order valence-electron chi connectivity index (χ0n) is 11.0. The molecule has 0 radical (unpaired) electrons. The van der Waals surface area contributed by atoms with Crippen molar-refractivity contribution in [2.24, 2.45) is 0 Å². The highest BCUT2D eigenvalue weighted by molar-refractivity contribution is 7.17. The number of aromatic nitrogens is 1. The summed E-state index contributed by atoms with van der Waals surface area (Å²) in [7, 11) is 1.25. The van der Waals surface area contributed by atoms with Crippen LogP contribution in [-0.2, 0) is 4.74 Å². The van der Waals surface area contributed by atoms with E-state index >= 15 is 0 Å². The van der Waals surface area contributed by atoms with Gasteiger partial charge >= 0.3 is 12.3 Å². The second kappa shape index (κ2) is 5.72. The number of rotatable bonds is 3. The van der Waals surface area contributed by atoms with Crippen LogP contribution in [0.1, 0.15) is 15.4 Å². The van der Waals surface area contributed by atoms with E-state index in [1.165, 1.54) is 25.3 Å². The highest BCUT2D eigenvalue weighted by Gasteiger charge is 2.31. The maximum Gasteiger partial charge on any atom is 0.573 e. The average Bonchev–Trinajstić information content (AvgIpc) is 2.78. The molecule has 21 heavy (non-hydrogen) atoms. The number of benzene rings is 1. The van der Waals surface area contributed by atoms with Gasteiger partial charge in [-0.15, -0.1) is 24.5 Å². The van der Waals surface area contributed by atoms with Crippen molar-refractivity contribution in [2.45, 2.75) is 13.3 Å². The van der Waals surface area contributed by atoms with E-state index in [2.05, 4.69) is 14.5 Å². The third kappa shape index (κ3) is 3.72. The molecule has 112 valence electrons. The molecule has 4 nitrogen and oxygen atoms in total. The van der Waals surface area contributed by atoms with Gasteiger partial charge in [-0.3, -0.25) is 0 Å². The molecule has 0 atom stereocenters. The van der Waals surface area contributed by atoms with E-state index in [1.54, 1.807) is 13.0 Å². The van der Waals surface area contributed by atoms with Crippen LogP contribution in [-0.4, -0.2) is 24.4 Å². The third-order valence-corrected chi connectivity index (χ3v) is 3.67. The Morgan fingerprint density at radius 1 is 1.33 bits per heavy atom. The number of ether oxygens (including phenoxy) is 2. The van der Waals surface area contributed by atoms with Gasteiger partial charge < -0.3 is 9.47 Å². The van der Waals surface area contributed by atoms with Gasteiger partial charge in [0.1, 0.15) is 15.6 Å².